The summed E-state index contributed by atoms with van der Waals surface area (Å²) in [5.41, 5.74) is 0. The number of likely N-dealkylation sites (tertiary alicyclic amines) is 1. The highest BCUT2D eigenvalue weighted by atomic mass is 15.2. The Labute approximate surface area is 119 Å². The van der Waals surface area contributed by atoms with Crippen molar-refractivity contribution < 1.29 is 0 Å². The van der Waals surface area contributed by atoms with Crippen LogP contribution in [0, 0.1) is 17.8 Å². The Hall–Kier alpha value is -0.0800. The van der Waals surface area contributed by atoms with E-state index in [2.05, 4.69) is 24.1 Å². The van der Waals surface area contributed by atoms with Crippen molar-refractivity contribution in [3.63, 3.8) is 0 Å². The standard InChI is InChI=1S/C17H32N2/c1-13(2)19-11-15-7-4-8-16(12-19)17(15)18-10-9-14-5-3-6-14/h13-18H,3-12H2,1-2H3. The van der Waals surface area contributed by atoms with Crippen molar-refractivity contribution in [2.75, 3.05) is 19.6 Å². The summed E-state index contributed by atoms with van der Waals surface area (Å²) in [6, 6.07) is 1.57. The van der Waals surface area contributed by atoms with Gasteiger partial charge in [-0.05, 0) is 57.4 Å². The van der Waals surface area contributed by atoms with Gasteiger partial charge in [-0.1, -0.05) is 25.7 Å². The van der Waals surface area contributed by atoms with Crippen LogP contribution in [0.1, 0.15) is 58.8 Å². The smallest absolute Gasteiger partial charge is 0.0148 e. The summed E-state index contributed by atoms with van der Waals surface area (Å²) in [5, 5.41) is 3.96. The van der Waals surface area contributed by atoms with Gasteiger partial charge in [-0.2, -0.15) is 0 Å². The van der Waals surface area contributed by atoms with E-state index in [9.17, 15) is 0 Å². The van der Waals surface area contributed by atoms with Crippen LogP contribution in [-0.2, 0) is 0 Å². The molecule has 19 heavy (non-hydrogen) atoms. The number of nitrogens with one attached hydrogen (secondary N) is 1. The summed E-state index contributed by atoms with van der Waals surface area (Å²) in [7, 11) is 0. The molecule has 0 aromatic carbocycles. The van der Waals surface area contributed by atoms with E-state index in [0.717, 1.165) is 29.8 Å². The third-order valence-electron chi connectivity index (χ3n) is 5.99. The van der Waals surface area contributed by atoms with Crippen LogP contribution in [0.5, 0.6) is 0 Å². The van der Waals surface area contributed by atoms with Crippen molar-refractivity contribution in [2.45, 2.75) is 70.9 Å². The van der Waals surface area contributed by atoms with Gasteiger partial charge in [0.1, 0.15) is 0 Å². The third kappa shape index (κ3) is 3.16. The van der Waals surface area contributed by atoms with Gasteiger partial charge in [0.05, 0.1) is 0 Å². The molecule has 0 aromatic rings. The SMILES string of the molecule is CC(C)N1CC2CCCC(C1)C2NCCC1CCC1. The van der Waals surface area contributed by atoms with Crippen molar-refractivity contribution >= 4 is 0 Å². The molecule has 2 aliphatic carbocycles. The van der Waals surface area contributed by atoms with Crippen molar-refractivity contribution in [1.29, 1.82) is 0 Å². The average molecular weight is 264 g/mol. The molecule has 0 radical (unpaired) electrons. The minimum atomic E-state index is 0.735. The third-order valence-corrected chi connectivity index (χ3v) is 5.99. The summed E-state index contributed by atoms with van der Waals surface area (Å²) in [6.07, 6.45) is 10.3. The highest BCUT2D eigenvalue weighted by molar-refractivity contribution is 4.95. The van der Waals surface area contributed by atoms with Gasteiger partial charge < -0.3 is 10.2 Å². The topological polar surface area (TPSA) is 15.3 Å². The lowest BCUT2D eigenvalue weighted by Crippen LogP contribution is -2.58. The van der Waals surface area contributed by atoms with Crippen LogP contribution < -0.4 is 5.32 Å². The van der Waals surface area contributed by atoms with Gasteiger partial charge >= 0.3 is 0 Å². The zero-order valence-electron chi connectivity index (χ0n) is 12.9. The van der Waals surface area contributed by atoms with Gasteiger partial charge in [-0.15, -0.1) is 0 Å². The lowest BCUT2D eigenvalue weighted by Gasteiger charge is -2.49. The predicted molar refractivity (Wildman–Crippen MR) is 81.3 cm³/mol. The quantitative estimate of drug-likeness (QED) is 0.820. The van der Waals surface area contributed by atoms with Crippen molar-refractivity contribution in [3.05, 3.63) is 0 Å². The Morgan fingerprint density at radius 2 is 1.63 bits per heavy atom. The number of nitrogens with zero attached hydrogens (tertiary/aromatic N) is 1. The molecule has 3 aliphatic rings. The summed E-state index contributed by atoms with van der Waals surface area (Å²) in [6.45, 7) is 8.69. The summed E-state index contributed by atoms with van der Waals surface area (Å²) in [5.74, 6) is 2.91. The zero-order valence-corrected chi connectivity index (χ0v) is 12.9. The molecule has 1 aliphatic heterocycles. The lowest BCUT2D eigenvalue weighted by molar-refractivity contribution is 0.0289. The Kier molecular flexibility index (Phi) is 4.48. The molecule has 1 heterocycles. The Morgan fingerprint density at radius 1 is 1.00 bits per heavy atom. The largest absolute Gasteiger partial charge is 0.313 e. The summed E-state index contributed by atoms with van der Waals surface area (Å²) < 4.78 is 0. The molecule has 2 bridgehead atoms. The van der Waals surface area contributed by atoms with Crippen LogP contribution >= 0.6 is 0 Å². The van der Waals surface area contributed by atoms with Crippen LogP contribution in [0.2, 0.25) is 0 Å². The molecule has 2 heteroatoms. The monoisotopic (exact) mass is 264 g/mol. The van der Waals surface area contributed by atoms with Crippen molar-refractivity contribution in [1.82, 2.24) is 10.2 Å². The number of rotatable bonds is 5. The predicted octanol–water partition coefficient (Wildman–Crippen LogP) is 3.28. The fourth-order valence-electron chi connectivity index (χ4n) is 4.46. The minimum absolute atomic E-state index is 0.735. The van der Waals surface area contributed by atoms with E-state index in [1.165, 1.54) is 64.6 Å². The second-order valence-electron chi connectivity index (χ2n) is 7.56. The second kappa shape index (κ2) is 6.13. The number of piperidine rings is 1. The first-order valence-corrected chi connectivity index (χ1v) is 8.71. The molecule has 110 valence electrons. The molecule has 2 unspecified atom stereocenters. The molecule has 0 spiro atoms. The van der Waals surface area contributed by atoms with Crippen LogP contribution in [0.15, 0.2) is 0 Å². The summed E-state index contributed by atoms with van der Waals surface area (Å²) in [4.78, 5) is 2.72. The van der Waals surface area contributed by atoms with E-state index in [0.29, 0.717) is 0 Å². The van der Waals surface area contributed by atoms with E-state index in [1.54, 1.807) is 0 Å². The molecular weight excluding hydrogens is 232 g/mol. The van der Waals surface area contributed by atoms with Crippen molar-refractivity contribution in [2.24, 2.45) is 17.8 Å². The maximum Gasteiger partial charge on any atom is 0.0148 e. The van der Waals surface area contributed by atoms with Gasteiger partial charge in [0.25, 0.3) is 0 Å². The lowest BCUT2D eigenvalue weighted by atomic mass is 9.73. The Bertz CT molecular complexity index is 271. The molecule has 0 aromatic heterocycles. The van der Waals surface area contributed by atoms with Gasteiger partial charge in [-0.3, -0.25) is 0 Å². The van der Waals surface area contributed by atoms with E-state index in [4.69, 9.17) is 0 Å². The highest BCUT2D eigenvalue weighted by Crippen LogP contribution is 2.36. The van der Waals surface area contributed by atoms with Crippen LogP contribution in [0.4, 0.5) is 0 Å². The van der Waals surface area contributed by atoms with Crippen LogP contribution in [0.25, 0.3) is 0 Å². The van der Waals surface area contributed by atoms with Gasteiger partial charge in [0.2, 0.25) is 0 Å². The van der Waals surface area contributed by atoms with E-state index in [1.807, 2.05) is 0 Å². The Morgan fingerprint density at radius 3 is 2.16 bits per heavy atom. The Balaban J connectivity index is 1.50. The first kappa shape index (κ1) is 13.9. The number of hydrogen-bond acceptors (Lipinski definition) is 2. The molecule has 3 fully saturated rings. The van der Waals surface area contributed by atoms with Gasteiger partial charge in [-0.25, -0.2) is 0 Å². The first-order chi connectivity index (χ1) is 9.24. The average Bonchev–Trinajstić information content (AvgIpc) is 2.31. The fourth-order valence-corrected chi connectivity index (χ4v) is 4.46. The first-order valence-electron chi connectivity index (χ1n) is 8.71. The number of fused-ring (bicyclic) bond motifs is 2. The van der Waals surface area contributed by atoms with Crippen LogP contribution in [-0.4, -0.2) is 36.6 Å². The van der Waals surface area contributed by atoms with E-state index >= 15 is 0 Å². The highest BCUT2D eigenvalue weighted by Gasteiger charge is 2.39. The van der Waals surface area contributed by atoms with E-state index in [-0.39, 0.29) is 0 Å². The second-order valence-corrected chi connectivity index (χ2v) is 7.56. The molecular formula is C17H32N2. The summed E-state index contributed by atoms with van der Waals surface area (Å²) >= 11 is 0. The minimum Gasteiger partial charge on any atom is -0.313 e. The molecule has 2 saturated carbocycles. The molecule has 1 N–H and O–H groups in total. The maximum absolute atomic E-state index is 3.96. The molecule has 2 nitrogen and oxygen atoms in total. The molecule has 1 saturated heterocycles. The zero-order chi connectivity index (χ0) is 13.2. The van der Waals surface area contributed by atoms with Gasteiger partial charge in [0, 0.05) is 25.2 Å². The number of hydrogen-bond donors (Lipinski definition) is 1. The van der Waals surface area contributed by atoms with Crippen molar-refractivity contribution in [3.8, 4) is 0 Å². The maximum atomic E-state index is 3.96. The van der Waals surface area contributed by atoms with E-state index < -0.39 is 0 Å². The van der Waals surface area contributed by atoms with Gasteiger partial charge in [0.15, 0.2) is 0 Å². The molecule has 2 atom stereocenters. The van der Waals surface area contributed by atoms with Crippen LogP contribution in [0.3, 0.4) is 0 Å². The molecule has 3 rings (SSSR count). The molecule has 0 amide bonds. The fraction of sp³-hybridized carbons (Fsp3) is 1.00. The normalized spacial score (nSPS) is 36.5.